The van der Waals surface area contributed by atoms with Crippen LogP contribution in [-0.4, -0.2) is 37.7 Å². The molecule has 1 saturated heterocycles. The molecular formula is C16H25N5. The highest BCUT2D eigenvalue weighted by molar-refractivity contribution is 5.08. The minimum Gasteiger partial charge on any atom is -0.346 e. The average Bonchev–Trinajstić information content (AvgIpc) is 3.09. The first kappa shape index (κ1) is 14.3. The Balaban J connectivity index is 1.60. The van der Waals surface area contributed by atoms with E-state index in [1.54, 1.807) is 0 Å². The molecule has 114 valence electrons. The molecule has 0 radical (unpaired) electrons. The van der Waals surface area contributed by atoms with Crippen molar-refractivity contribution >= 4 is 0 Å². The van der Waals surface area contributed by atoms with E-state index in [1.807, 2.05) is 17.1 Å². The van der Waals surface area contributed by atoms with Gasteiger partial charge in [-0.05, 0) is 32.7 Å². The molecule has 5 nitrogen and oxygen atoms in total. The molecule has 1 aliphatic heterocycles. The summed E-state index contributed by atoms with van der Waals surface area (Å²) in [6, 6.07) is 0. The summed E-state index contributed by atoms with van der Waals surface area (Å²) in [5.41, 5.74) is 2.47. The number of hydrogen-bond acceptors (Lipinski definition) is 3. The Morgan fingerprint density at radius 1 is 1.38 bits per heavy atom. The summed E-state index contributed by atoms with van der Waals surface area (Å²) >= 11 is 0. The highest BCUT2D eigenvalue weighted by Crippen LogP contribution is 2.25. The van der Waals surface area contributed by atoms with Gasteiger partial charge in [0.2, 0.25) is 0 Å². The van der Waals surface area contributed by atoms with E-state index in [1.165, 1.54) is 24.9 Å². The smallest absolute Gasteiger partial charge is 0.110 e. The van der Waals surface area contributed by atoms with Crippen LogP contribution >= 0.6 is 0 Å². The first-order valence-electron chi connectivity index (χ1n) is 7.99. The van der Waals surface area contributed by atoms with E-state index in [0.29, 0.717) is 5.92 Å². The SMILES string of the molecule is CCCn1cc(CN2CCC[C@@H](c3ncc(C)[nH]3)C2)cn1. The first-order valence-corrected chi connectivity index (χ1v) is 7.99. The molecule has 0 aromatic carbocycles. The molecular weight excluding hydrogens is 262 g/mol. The number of nitrogens with zero attached hydrogens (tertiary/aromatic N) is 4. The summed E-state index contributed by atoms with van der Waals surface area (Å²) in [4.78, 5) is 10.4. The van der Waals surface area contributed by atoms with Crippen molar-refractivity contribution in [1.82, 2.24) is 24.6 Å². The second-order valence-electron chi connectivity index (χ2n) is 6.14. The topological polar surface area (TPSA) is 49.7 Å². The van der Waals surface area contributed by atoms with Gasteiger partial charge in [0.1, 0.15) is 5.82 Å². The fraction of sp³-hybridized carbons (Fsp3) is 0.625. The number of likely N-dealkylation sites (tertiary alicyclic amines) is 1. The molecule has 3 heterocycles. The molecule has 1 N–H and O–H groups in total. The molecule has 21 heavy (non-hydrogen) atoms. The molecule has 0 unspecified atom stereocenters. The molecule has 5 heteroatoms. The molecule has 0 spiro atoms. The highest BCUT2D eigenvalue weighted by atomic mass is 15.3. The molecule has 3 rings (SSSR count). The Bertz CT molecular complexity index is 571. The number of rotatable bonds is 5. The molecule has 2 aromatic heterocycles. The Labute approximate surface area is 126 Å². The number of hydrogen-bond donors (Lipinski definition) is 1. The van der Waals surface area contributed by atoms with E-state index in [-0.39, 0.29) is 0 Å². The van der Waals surface area contributed by atoms with E-state index in [9.17, 15) is 0 Å². The molecule has 2 aromatic rings. The zero-order chi connectivity index (χ0) is 14.7. The van der Waals surface area contributed by atoms with Gasteiger partial charge >= 0.3 is 0 Å². The maximum Gasteiger partial charge on any atom is 0.110 e. The molecule has 0 saturated carbocycles. The van der Waals surface area contributed by atoms with E-state index in [0.717, 1.165) is 37.6 Å². The van der Waals surface area contributed by atoms with E-state index in [4.69, 9.17) is 0 Å². The maximum atomic E-state index is 4.51. The van der Waals surface area contributed by atoms with E-state index < -0.39 is 0 Å². The van der Waals surface area contributed by atoms with Crippen LogP contribution in [0.25, 0.3) is 0 Å². The largest absolute Gasteiger partial charge is 0.346 e. The third-order valence-electron chi connectivity index (χ3n) is 4.16. The average molecular weight is 287 g/mol. The number of aromatic nitrogens is 4. The van der Waals surface area contributed by atoms with Crippen LogP contribution in [0.5, 0.6) is 0 Å². The van der Waals surface area contributed by atoms with Crippen LogP contribution in [0.1, 0.15) is 49.2 Å². The van der Waals surface area contributed by atoms with Crippen molar-refractivity contribution in [1.29, 1.82) is 0 Å². The second-order valence-corrected chi connectivity index (χ2v) is 6.14. The van der Waals surface area contributed by atoms with Crippen LogP contribution in [0.2, 0.25) is 0 Å². The fourth-order valence-electron chi connectivity index (χ4n) is 3.16. The Kier molecular flexibility index (Phi) is 4.39. The summed E-state index contributed by atoms with van der Waals surface area (Å²) < 4.78 is 2.05. The third-order valence-corrected chi connectivity index (χ3v) is 4.16. The zero-order valence-corrected chi connectivity index (χ0v) is 13.0. The summed E-state index contributed by atoms with van der Waals surface area (Å²) in [6.07, 6.45) is 9.74. The van der Waals surface area contributed by atoms with Gasteiger partial charge in [0, 0.05) is 49.2 Å². The van der Waals surface area contributed by atoms with Crippen LogP contribution in [0, 0.1) is 6.92 Å². The van der Waals surface area contributed by atoms with E-state index >= 15 is 0 Å². The monoisotopic (exact) mass is 287 g/mol. The number of H-pyrrole nitrogens is 1. The minimum atomic E-state index is 0.540. The summed E-state index contributed by atoms with van der Waals surface area (Å²) in [5.74, 6) is 1.69. The van der Waals surface area contributed by atoms with Gasteiger partial charge in [0.25, 0.3) is 0 Å². The lowest BCUT2D eigenvalue weighted by molar-refractivity contribution is 0.197. The number of piperidine rings is 1. The number of nitrogens with one attached hydrogen (secondary N) is 1. The molecule has 0 bridgehead atoms. The van der Waals surface area contributed by atoms with Gasteiger partial charge in [-0.2, -0.15) is 5.10 Å². The van der Waals surface area contributed by atoms with Crippen LogP contribution in [0.15, 0.2) is 18.6 Å². The van der Waals surface area contributed by atoms with Crippen LogP contribution in [-0.2, 0) is 13.1 Å². The zero-order valence-electron chi connectivity index (χ0n) is 13.0. The number of imidazole rings is 1. The Morgan fingerprint density at radius 3 is 3.05 bits per heavy atom. The highest BCUT2D eigenvalue weighted by Gasteiger charge is 2.23. The quantitative estimate of drug-likeness (QED) is 0.920. The van der Waals surface area contributed by atoms with E-state index in [2.05, 4.69) is 40.0 Å². The van der Waals surface area contributed by atoms with Gasteiger partial charge in [-0.15, -0.1) is 0 Å². The lowest BCUT2D eigenvalue weighted by Gasteiger charge is -2.31. The lowest BCUT2D eigenvalue weighted by Crippen LogP contribution is -2.34. The lowest BCUT2D eigenvalue weighted by atomic mass is 9.97. The third kappa shape index (κ3) is 3.53. The Hall–Kier alpha value is -1.62. The van der Waals surface area contributed by atoms with Gasteiger partial charge < -0.3 is 4.98 Å². The van der Waals surface area contributed by atoms with Crippen molar-refractivity contribution in [2.75, 3.05) is 13.1 Å². The fourth-order valence-corrected chi connectivity index (χ4v) is 3.16. The van der Waals surface area contributed by atoms with Crippen LogP contribution in [0.3, 0.4) is 0 Å². The van der Waals surface area contributed by atoms with Crippen molar-refractivity contribution in [2.45, 2.75) is 52.1 Å². The molecule has 0 aliphatic carbocycles. The summed E-state index contributed by atoms with van der Waals surface area (Å²) in [7, 11) is 0. The van der Waals surface area contributed by atoms with Gasteiger partial charge in [0.15, 0.2) is 0 Å². The minimum absolute atomic E-state index is 0.540. The second kappa shape index (κ2) is 6.43. The predicted molar refractivity (Wildman–Crippen MR) is 83.1 cm³/mol. The summed E-state index contributed by atoms with van der Waals surface area (Å²) in [5, 5.41) is 4.42. The summed E-state index contributed by atoms with van der Waals surface area (Å²) in [6.45, 7) is 8.52. The van der Waals surface area contributed by atoms with Crippen molar-refractivity contribution < 1.29 is 0 Å². The van der Waals surface area contributed by atoms with Crippen molar-refractivity contribution in [3.05, 3.63) is 35.7 Å². The normalized spacial score (nSPS) is 20.0. The van der Waals surface area contributed by atoms with Gasteiger partial charge in [-0.25, -0.2) is 4.98 Å². The maximum absolute atomic E-state index is 4.51. The van der Waals surface area contributed by atoms with Gasteiger partial charge in [0.05, 0.1) is 6.20 Å². The number of aromatic amines is 1. The van der Waals surface area contributed by atoms with Gasteiger partial charge in [-0.3, -0.25) is 9.58 Å². The molecule has 1 fully saturated rings. The first-order chi connectivity index (χ1) is 10.2. The molecule has 1 atom stereocenters. The predicted octanol–water partition coefficient (Wildman–Crippen LogP) is 2.70. The van der Waals surface area contributed by atoms with Crippen LogP contribution < -0.4 is 0 Å². The molecule has 1 aliphatic rings. The number of aryl methyl sites for hydroxylation is 2. The van der Waals surface area contributed by atoms with Crippen molar-refractivity contribution in [3.63, 3.8) is 0 Å². The molecule has 0 amide bonds. The Morgan fingerprint density at radius 2 is 2.29 bits per heavy atom. The van der Waals surface area contributed by atoms with Crippen molar-refractivity contribution in [3.8, 4) is 0 Å². The van der Waals surface area contributed by atoms with Gasteiger partial charge in [-0.1, -0.05) is 6.92 Å². The standard InChI is InChI=1S/C16H25N5/c1-3-6-21-11-14(9-18-21)10-20-7-4-5-15(12-20)16-17-8-13(2)19-16/h8-9,11,15H,3-7,10,12H2,1-2H3,(H,17,19)/t15-/m1/s1. The van der Waals surface area contributed by atoms with Crippen LogP contribution in [0.4, 0.5) is 0 Å². The van der Waals surface area contributed by atoms with Crippen molar-refractivity contribution in [2.24, 2.45) is 0 Å².